The molecule has 30 heavy (non-hydrogen) atoms. The van der Waals surface area contributed by atoms with Crippen molar-refractivity contribution in [1.82, 2.24) is 0 Å². The summed E-state index contributed by atoms with van der Waals surface area (Å²) in [5.41, 5.74) is 2.12. The molecule has 0 saturated heterocycles. The molecular weight excluding hydrogens is 364 g/mol. The van der Waals surface area contributed by atoms with Crippen molar-refractivity contribution in [2.24, 2.45) is 52.3 Å². The summed E-state index contributed by atoms with van der Waals surface area (Å²) in [6.45, 7) is 14.9. The monoisotopic (exact) mass is 410 g/mol. The third-order valence-corrected chi connectivity index (χ3v) is 10.7. The summed E-state index contributed by atoms with van der Waals surface area (Å²) < 4.78 is 0. The van der Waals surface area contributed by atoms with Gasteiger partial charge in [0.1, 0.15) is 0 Å². The molecule has 0 spiro atoms. The van der Waals surface area contributed by atoms with Gasteiger partial charge in [0.15, 0.2) is 5.78 Å². The summed E-state index contributed by atoms with van der Waals surface area (Å²) in [5, 5.41) is 0. The third-order valence-electron chi connectivity index (χ3n) is 10.7. The van der Waals surface area contributed by atoms with E-state index in [1.54, 1.807) is 0 Å². The Balaban J connectivity index is 1.49. The number of fused-ring (bicyclic) bond motifs is 5. The lowest BCUT2D eigenvalue weighted by atomic mass is 9.48. The zero-order valence-corrected chi connectivity index (χ0v) is 20.5. The second-order valence-electron chi connectivity index (χ2n) is 12.3. The van der Waals surface area contributed by atoms with Crippen molar-refractivity contribution >= 4 is 5.78 Å². The summed E-state index contributed by atoms with van der Waals surface area (Å²) in [4.78, 5) is 12.0. The Labute approximate surface area is 186 Å². The molecule has 0 unspecified atom stereocenters. The van der Waals surface area contributed by atoms with Crippen LogP contribution >= 0.6 is 0 Å². The van der Waals surface area contributed by atoms with Crippen molar-refractivity contribution in [3.8, 4) is 0 Å². The minimum Gasteiger partial charge on any atom is -0.295 e. The Morgan fingerprint density at radius 3 is 2.53 bits per heavy atom. The van der Waals surface area contributed by atoms with E-state index in [0.29, 0.717) is 17.6 Å². The molecule has 168 valence electrons. The standard InChI is InChI=1S/C29H46O/c1-7-21(19(2)3)9-8-20(4)25-12-13-26-24-11-10-22-18-23(30)14-16-28(22,5)27(24)15-17-29(25,26)6/h10,14,16,19-21,24-27H,7-9,11-13,15,17-18H2,1-6H3/t20-,21-,24+,25-,26+,27+,28+,29-/m1/s1. The number of hydrogen-bond acceptors (Lipinski definition) is 1. The van der Waals surface area contributed by atoms with E-state index in [1.165, 1.54) is 56.9 Å². The molecule has 0 heterocycles. The SMILES string of the molecule is CC[C@H](CC[C@@H](C)[C@H]1CC[C@H]2[C@@H]3CC=C4CC(=O)C=C[C@]4(C)[C@H]3CC[C@]12C)C(C)C. The molecule has 2 fully saturated rings. The Morgan fingerprint density at radius 2 is 1.83 bits per heavy atom. The van der Waals surface area contributed by atoms with Crippen LogP contribution in [0.25, 0.3) is 0 Å². The second-order valence-corrected chi connectivity index (χ2v) is 12.3. The van der Waals surface area contributed by atoms with Crippen LogP contribution in [-0.4, -0.2) is 5.78 Å². The van der Waals surface area contributed by atoms with E-state index in [1.807, 2.05) is 6.08 Å². The average molecular weight is 411 g/mol. The van der Waals surface area contributed by atoms with Crippen LogP contribution in [0.2, 0.25) is 0 Å². The van der Waals surface area contributed by atoms with Crippen molar-refractivity contribution in [3.05, 3.63) is 23.8 Å². The highest BCUT2D eigenvalue weighted by molar-refractivity contribution is 5.93. The van der Waals surface area contributed by atoms with E-state index in [0.717, 1.165) is 41.4 Å². The maximum Gasteiger partial charge on any atom is 0.159 e. The lowest BCUT2D eigenvalue weighted by Crippen LogP contribution is -2.49. The molecular formula is C29H46O. The van der Waals surface area contributed by atoms with E-state index in [4.69, 9.17) is 0 Å². The van der Waals surface area contributed by atoms with Gasteiger partial charge in [0.2, 0.25) is 0 Å². The minimum atomic E-state index is 0.146. The molecule has 0 aromatic heterocycles. The normalized spacial score (nSPS) is 42.4. The van der Waals surface area contributed by atoms with Gasteiger partial charge in [-0.15, -0.1) is 0 Å². The van der Waals surface area contributed by atoms with Crippen LogP contribution in [0, 0.1) is 52.3 Å². The van der Waals surface area contributed by atoms with Gasteiger partial charge >= 0.3 is 0 Å². The lowest BCUT2D eigenvalue weighted by Gasteiger charge is -2.56. The number of ketones is 1. The zero-order chi connectivity index (χ0) is 21.7. The van der Waals surface area contributed by atoms with E-state index >= 15 is 0 Å². The number of allylic oxidation sites excluding steroid dienone is 4. The number of carbonyl (C=O) groups excluding carboxylic acids is 1. The van der Waals surface area contributed by atoms with Gasteiger partial charge in [-0.3, -0.25) is 4.79 Å². The van der Waals surface area contributed by atoms with Crippen molar-refractivity contribution in [3.63, 3.8) is 0 Å². The second kappa shape index (κ2) is 8.25. The fourth-order valence-corrected chi connectivity index (χ4v) is 8.77. The first-order chi connectivity index (χ1) is 14.2. The molecule has 8 atom stereocenters. The first kappa shape index (κ1) is 22.3. The van der Waals surface area contributed by atoms with Crippen LogP contribution < -0.4 is 0 Å². The van der Waals surface area contributed by atoms with E-state index in [-0.39, 0.29) is 5.41 Å². The van der Waals surface area contributed by atoms with Crippen molar-refractivity contribution in [2.75, 3.05) is 0 Å². The van der Waals surface area contributed by atoms with Gasteiger partial charge in [-0.05, 0) is 91.4 Å². The highest BCUT2D eigenvalue weighted by Gasteiger charge is 2.58. The fraction of sp³-hybridized carbons (Fsp3) is 0.828. The Hall–Kier alpha value is -0.850. The average Bonchev–Trinajstić information content (AvgIpc) is 3.06. The molecule has 4 aliphatic carbocycles. The predicted octanol–water partition coefficient (Wildman–Crippen LogP) is 8.01. The lowest BCUT2D eigenvalue weighted by molar-refractivity contribution is -0.115. The van der Waals surface area contributed by atoms with Crippen LogP contribution in [-0.2, 0) is 4.79 Å². The van der Waals surface area contributed by atoms with E-state index in [9.17, 15) is 4.79 Å². The van der Waals surface area contributed by atoms with Crippen LogP contribution in [0.4, 0.5) is 0 Å². The number of hydrogen-bond donors (Lipinski definition) is 0. The summed E-state index contributed by atoms with van der Waals surface area (Å²) in [6, 6.07) is 0. The molecule has 0 amide bonds. The number of carbonyl (C=O) groups is 1. The highest BCUT2D eigenvalue weighted by Crippen LogP contribution is 2.66. The topological polar surface area (TPSA) is 17.1 Å². The van der Waals surface area contributed by atoms with Crippen molar-refractivity contribution in [2.45, 2.75) is 99.3 Å². The van der Waals surface area contributed by atoms with Gasteiger partial charge in [-0.1, -0.05) is 72.1 Å². The summed E-state index contributed by atoms with van der Waals surface area (Å²) in [5.74, 6) is 6.26. The van der Waals surface area contributed by atoms with Gasteiger partial charge in [0, 0.05) is 11.8 Å². The molecule has 1 nitrogen and oxygen atoms in total. The van der Waals surface area contributed by atoms with Crippen LogP contribution in [0.5, 0.6) is 0 Å². The maximum atomic E-state index is 12.0. The first-order valence-corrected chi connectivity index (χ1v) is 13.1. The predicted molar refractivity (Wildman–Crippen MR) is 127 cm³/mol. The molecule has 0 aromatic carbocycles. The third kappa shape index (κ3) is 3.57. The molecule has 4 rings (SSSR count). The molecule has 0 bridgehead atoms. The summed E-state index contributed by atoms with van der Waals surface area (Å²) in [7, 11) is 0. The Morgan fingerprint density at radius 1 is 1.07 bits per heavy atom. The van der Waals surface area contributed by atoms with Gasteiger partial charge in [0.05, 0.1) is 0 Å². The Kier molecular flexibility index (Phi) is 6.15. The highest BCUT2D eigenvalue weighted by atomic mass is 16.1. The van der Waals surface area contributed by atoms with Crippen LogP contribution in [0.1, 0.15) is 99.3 Å². The van der Waals surface area contributed by atoms with Gasteiger partial charge in [0.25, 0.3) is 0 Å². The van der Waals surface area contributed by atoms with Gasteiger partial charge in [-0.25, -0.2) is 0 Å². The Bertz CT molecular complexity index is 714. The van der Waals surface area contributed by atoms with Crippen molar-refractivity contribution in [1.29, 1.82) is 0 Å². The molecule has 0 radical (unpaired) electrons. The van der Waals surface area contributed by atoms with E-state index in [2.05, 4.69) is 53.7 Å². The molecule has 1 heteroatoms. The smallest absolute Gasteiger partial charge is 0.159 e. The van der Waals surface area contributed by atoms with Gasteiger partial charge < -0.3 is 0 Å². The molecule has 4 aliphatic rings. The zero-order valence-electron chi connectivity index (χ0n) is 20.5. The van der Waals surface area contributed by atoms with E-state index < -0.39 is 0 Å². The minimum absolute atomic E-state index is 0.146. The fourth-order valence-electron chi connectivity index (χ4n) is 8.77. The van der Waals surface area contributed by atoms with Crippen LogP contribution in [0.3, 0.4) is 0 Å². The summed E-state index contributed by atoms with van der Waals surface area (Å²) >= 11 is 0. The maximum absolute atomic E-state index is 12.0. The molecule has 0 aliphatic heterocycles. The van der Waals surface area contributed by atoms with Gasteiger partial charge in [-0.2, -0.15) is 0 Å². The largest absolute Gasteiger partial charge is 0.295 e. The quantitative estimate of drug-likeness (QED) is 0.405. The molecule has 0 aromatic rings. The molecule has 2 saturated carbocycles. The molecule has 0 N–H and O–H groups in total. The number of rotatable bonds is 6. The van der Waals surface area contributed by atoms with Crippen LogP contribution in [0.15, 0.2) is 23.8 Å². The first-order valence-electron chi connectivity index (χ1n) is 13.1. The van der Waals surface area contributed by atoms with Crippen molar-refractivity contribution < 1.29 is 4.79 Å². The summed E-state index contributed by atoms with van der Waals surface area (Å²) in [6.07, 6.45) is 18.4.